The van der Waals surface area contributed by atoms with Crippen LogP contribution in [0.5, 0.6) is 0 Å². The zero-order chi connectivity index (χ0) is 10.4. The second kappa shape index (κ2) is 4.62. The van der Waals surface area contributed by atoms with E-state index >= 15 is 0 Å². The molecule has 14 heavy (non-hydrogen) atoms. The third-order valence-electron chi connectivity index (χ3n) is 1.40. The second-order valence-electron chi connectivity index (χ2n) is 2.47. The number of carbonyl (C=O) groups is 1. The zero-order valence-electron chi connectivity index (χ0n) is 7.27. The number of benzene rings is 1. The minimum Gasteiger partial charge on any atom is -0.350 e. The molecule has 0 unspecified atom stereocenters. The Morgan fingerprint density at radius 3 is 3.07 bits per heavy atom. The van der Waals surface area contributed by atoms with Crippen LogP contribution in [0, 0.1) is 11.3 Å². The Labute approximate surface area is 80.8 Å². The van der Waals surface area contributed by atoms with Crippen LogP contribution in [-0.2, 0) is 0 Å². The van der Waals surface area contributed by atoms with Crippen molar-refractivity contribution < 1.29 is 4.79 Å². The molecule has 0 spiro atoms. The summed E-state index contributed by atoms with van der Waals surface area (Å²) in [6.07, 6.45) is 1.41. The molecule has 2 amide bonds. The van der Waals surface area contributed by atoms with Gasteiger partial charge in [0, 0.05) is 0 Å². The second-order valence-corrected chi connectivity index (χ2v) is 2.47. The maximum Gasteiger partial charge on any atom is 0.332 e. The third kappa shape index (κ3) is 2.95. The molecule has 0 aliphatic carbocycles. The monoisotopic (exact) mass is 188 g/mol. The highest BCUT2D eigenvalue weighted by Crippen LogP contribution is 2.00. The highest BCUT2D eigenvalue weighted by atomic mass is 16.2. The van der Waals surface area contributed by atoms with Gasteiger partial charge < -0.3 is 5.73 Å². The quantitative estimate of drug-likeness (QED) is 0.524. The van der Waals surface area contributed by atoms with Crippen LogP contribution in [0.25, 0.3) is 0 Å². The summed E-state index contributed by atoms with van der Waals surface area (Å²) >= 11 is 0. The van der Waals surface area contributed by atoms with Crippen LogP contribution < -0.4 is 11.2 Å². The molecule has 70 valence electrons. The van der Waals surface area contributed by atoms with E-state index in [1.165, 1.54) is 6.21 Å². The van der Waals surface area contributed by atoms with Gasteiger partial charge in [0.15, 0.2) is 0 Å². The van der Waals surface area contributed by atoms with Gasteiger partial charge in [-0.3, -0.25) is 0 Å². The van der Waals surface area contributed by atoms with Crippen LogP contribution in [0.4, 0.5) is 4.79 Å². The lowest BCUT2D eigenvalue weighted by atomic mass is 10.1. The van der Waals surface area contributed by atoms with Crippen molar-refractivity contribution in [1.82, 2.24) is 5.43 Å². The minimum absolute atomic E-state index is 0.535. The van der Waals surface area contributed by atoms with E-state index in [4.69, 9.17) is 11.0 Å². The molecule has 1 rings (SSSR count). The van der Waals surface area contributed by atoms with E-state index in [9.17, 15) is 4.79 Å². The standard InChI is InChI=1S/C9H8N4O/c10-5-7-2-1-3-8(4-7)6-12-13-9(11)14/h1-4,6H,(H3,11,13,14)/b12-6+. The Balaban J connectivity index is 2.72. The first-order valence-corrected chi connectivity index (χ1v) is 3.81. The number of urea groups is 1. The molecule has 0 saturated carbocycles. The molecule has 0 atom stereocenters. The Bertz CT molecular complexity index is 406. The van der Waals surface area contributed by atoms with E-state index in [0.717, 1.165) is 5.56 Å². The largest absolute Gasteiger partial charge is 0.350 e. The number of nitrogens with zero attached hydrogens (tertiary/aromatic N) is 2. The van der Waals surface area contributed by atoms with Crippen molar-refractivity contribution in [2.75, 3.05) is 0 Å². The topological polar surface area (TPSA) is 91.3 Å². The first-order valence-electron chi connectivity index (χ1n) is 3.81. The van der Waals surface area contributed by atoms with Crippen LogP contribution in [0.1, 0.15) is 11.1 Å². The fourth-order valence-electron chi connectivity index (χ4n) is 0.859. The Kier molecular flexibility index (Phi) is 3.21. The predicted molar refractivity (Wildman–Crippen MR) is 51.5 cm³/mol. The smallest absolute Gasteiger partial charge is 0.332 e. The number of nitrogens with two attached hydrogens (primary N) is 1. The molecule has 5 heteroatoms. The molecule has 1 aromatic rings. The van der Waals surface area contributed by atoms with E-state index in [1.54, 1.807) is 24.3 Å². The van der Waals surface area contributed by atoms with Crippen molar-refractivity contribution in [3.63, 3.8) is 0 Å². The number of hydrogen-bond donors (Lipinski definition) is 2. The van der Waals surface area contributed by atoms with Gasteiger partial charge in [0.05, 0.1) is 17.8 Å². The number of hydrogen-bond acceptors (Lipinski definition) is 3. The van der Waals surface area contributed by atoms with Crippen LogP contribution in [-0.4, -0.2) is 12.2 Å². The number of hydrazone groups is 1. The van der Waals surface area contributed by atoms with Gasteiger partial charge in [-0.05, 0) is 17.7 Å². The van der Waals surface area contributed by atoms with Crippen molar-refractivity contribution in [1.29, 1.82) is 5.26 Å². The van der Waals surface area contributed by atoms with Crippen LogP contribution >= 0.6 is 0 Å². The van der Waals surface area contributed by atoms with Crippen LogP contribution in [0.15, 0.2) is 29.4 Å². The highest BCUT2D eigenvalue weighted by Gasteiger charge is 1.91. The lowest BCUT2D eigenvalue weighted by molar-refractivity contribution is 0.249. The van der Waals surface area contributed by atoms with Gasteiger partial charge in [-0.15, -0.1) is 0 Å². The molecule has 1 aromatic carbocycles. The van der Waals surface area contributed by atoms with E-state index in [0.29, 0.717) is 5.56 Å². The average Bonchev–Trinajstić information content (AvgIpc) is 2.18. The Morgan fingerprint density at radius 2 is 2.43 bits per heavy atom. The maximum absolute atomic E-state index is 10.3. The zero-order valence-corrected chi connectivity index (χ0v) is 7.27. The van der Waals surface area contributed by atoms with E-state index in [-0.39, 0.29) is 0 Å². The number of carbonyl (C=O) groups excluding carboxylic acids is 1. The van der Waals surface area contributed by atoms with Gasteiger partial charge in [-0.2, -0.15) is 10.4 Å². The molecular formula is C9H8N4O. The number of nitriles is 1. The number of primary amides is 1. The average molecular weight is 188 g/mol. The van der Waals surface area contributed by atoms with Gasteiger partial charge in [0.25, 0.3) is 0 Å². The van der Waals surface area contributed by atoms with Crippen LogP contribution in [0.3, 0.4) is 0 Å². The summed E-state index contributed by atoms with van der Waals surface area (Å²) in [4.78, 5) is 10.3. The molecule has 3 N–H and O–H groups in total. The molecule has 0 aromatic heterocycles. The van der Waals surface area contributed by atoms with Crippen molar-refractivity contribution in [3.05, 3.63) is 35.4 Å². The molecule has 0 fully saturated rings. The van der Waals surface area contributed by atoms with Gasteiger partial charge in [0.2, 0.25) is 0 Å². The fourth-order valence-corrected chi connectivity index (χ4v) is 0.859. The van der Waals surface area contributed by atoms with Gasteiger partial charge in [-0.1, -0.05) is 12.1 Å². The normalized spacial score (nSPS) is 9.64. The first-order chi connectivity index (χ1) is 6.72. The molecule has 0 aliphatic heterocycles. The number of rotatable bonds is 2. The van der Waals surface area contributed by atoms with Gasteiger partial charge in [0.1, 0.15) is 0 Å². The molecule has 0 heterocycles. The summed E-state index contributed by atoms with van der Waals surface area (Å²) in [5.41, 5.74) is 8.11. The first kappa shape index (κ1) is 9.74. The number of nitrogens with one attached hydrogen (secondary N) is 1. The van der Waals surface area contributed by atoms with E-state index in [1.807, 2.05) is 6.07 Å². The molecule has 5 nitrogen and oxygen atoms in total. The number of amides is 2. The fraction of sp³-hybridized carbons (Fsp3) is 0. The van der Waals surface area contributed by atoms with Crippen molar-refractivity contribution in [2.24, 2.45) is 10.8 Å². The van der Waals surface area contributed by atoms with E-state index < -0.39 is 6.03 Å². The van der Waals surface area contributed by atoms with E-state index in [2.05, 4.69) is 10.5 Å². The Morgan fingerprint density at radius 1 is 1.64 bits per heavy atom. The summed E-state index contributed by atoms with van der Waals surface area (Å²) in [6.45, 7) is 0. The molecular weight excluding hydrogens is 180 g/mol. The lowest BCUT2D eigenvalue weighted by Crippen LogP contribution is -2.24. The summed E-state index contributed by atoms with van der Waals surface area (Å²) < 4.78 is 0. The molecule has 0 radical (unpaired) electrons. The molecule has 0 bridgehead atoms. The van der Waals surface area contributed by atoms with Gasteiger partial charge >= 0.3 is 6.03 Å². The maximum atomic E-state index is 10.3. The summed E-state index contributed by atoms with van der Waals surface area (Å²) in [7, 11) is 0. The van der Waals surface area contributed by atoms with Crippen molar-refractivity contribution >= 4 is 12.2 Å². The summed E-state index contributed by atoms with van der Waals surface area (Å²) in [5, 5.41) is 12.1. The van der Waals surface area contributed by atoms with Crippen molar-refractivity contribution in [2.45, 2.75) is 0 Å². The molecule has 0 aliphatic rings. The van der Waals surface area contributed by atoms with Gasteiger partial charge in [-0.25, -0.2) is 10.2 Å². The summed E-state index contributed by atoms with van der Waals surface area (Å²) in [5.74, 6) is 0. The predicted octanol–water partition coefficient (Wildman–Crippen LogP) is 0.560. The minimum atomic E-state index is -0.724. The highest BCUT2D eigenvalue weighted by molar-refractivity contribution is 5.81. The summed E-state index contributed by atoms with van der Waals surface area (Å²) in [6, 6.07) is 8.08. The Hall–Kier alpha value is -2.35. The van der Waals surface area contributed by atoms with Crippen LogP contribution in [0.2, 0.25) is 0 Å². The SMILES string of the molecule is N#Cc1cccc(/C=N/NC(N)=O)c1. The van der Waals surface area contributed by atoms with Crippen molar-refractivity contribution in [3.8, 4) is 6.07 Å². The lowest BCUT2D eigenvalue weighted by Gasteiger charge is -1.93. The molecule has 0 saturated heterocycles. The third-order valence-corrected chi connectivity index (χ3v) is 1.40.